The van der Waals surface area contributed by atoms with Gasteiger partial charge in [0.2, 0.25) is 0 Å². The zero-order valence-corrected chi connectivity index (χ0v) is 13.0. The van der Waals surface area contributed by atoms with Crippen molar-refractivity contribution < 1.29 is 14.1 Å². The van der Waals surface area contributed by atoms with Gasteiger partial charge < -0.3 is 9.26 Å². The number of hydrogen-bond acceptors (Lipinski definition) is 6. The van der Waals surface area contributed by atoms with Crippen molar-refractivity contribution in [3.63, 3.8) is 0 Å². The van der Waals surface area contributed by atoms with E-state index in [0.717, 1.165) is 16.3 Å². The van der Waals surface area contributed by atoms with E-state index in [0.29, 0.717) is 17.0 Å². The van der Waals surface area contributed by atoms with E-state index in [1.54, 1.807) is 6.92 Å². The minimum atomic E-state index is -0.455. The Morgan fingerprint density at radius 3 is 2.73 bits per heavy atom. The van der Waals surface area contributed by atoms with Crippen LogP contribution in [0.4, 0.5) is 0 Å². The van der Waals surface area contributed by atoms with Crippen LogP contribution in [0, 0.1) is 13.8 Å². The number of rotatable bonds is 4. The Labute approximate surface area is 131 Å². The molecule has 0 aliphatic rings. The number of aromatic nitrogens is 2. The van der Waals surface area contributed by atoms with Crippen molar-refractivity contribution in [2.75, 3.05) is 0 Å². The molecule has 0 saturated carbocycles. The Kier molecular flexibility index (Phi) is 4.02. The van der Waals surface area contributed by atoms with Crippen LogP contribution in [-0.2, 0) is 11.3 Å². The van der Waals surface area contributed by atoms with Crippen molar-refractivity contribution >= 4 is 17.3 Å². The number of thiazole rings is 1. The molecule has 3 rings (SSSR count). The Balaban J connectivity index is 1.82. The van der Waals surface area contributed by atoms with Crippen LogP contribution in [0.25, 0.3) is 11.3 Å². The minimum absolute atomic E-state index is 0.141. The number of carbonyl (C=O) groups is 1. The Morgan fingerprint density at radius 1 is 1.27 bits per heavy atom. The second-order valence-corrected chi connectivity index (χ2v) is 5.82. The molecular weight excluding hydrogens is 300 g/mol. The van der Waals surface area contributed by atoms with E-state index in [4.69, 9.17) is 9.26 Å². The van der Waals surface area contributed by atoms with Gasteiger partial charge in [0, 0.05) is 10.9 Å². The largest absolute Gasteiger partial charge is 0.455 e. The van der Waals surface area contributed by atoms with Crippen LogP contribution in [0.15, 0.2) is 40.2 Å². The van der Waals surface area contributed by atoms with Gasteiger partial charge in [-0.2, -0.15) is 0 Å². The van der Waals surface area contributed by atoms with Crippen molar-refractivity contribution in [3.05, 3.63) is 57.7 Å². The second-order valence-electron chi connectivity index (χ2n) is 4.76. The lowest BCUT2D eigenvalue weighted by Crippen LogP contribution is -2.07. The predicted octanol–water partition coefficient (Wildman–Crippen LogP) is 3.77. The lowest BCUT2D eigenvalue weighted by molar-refractivity contribution is 0.0467. The predicted molar refractivity (Wildman–Crippen MR) is 82.6 cm³/mol. The van der Waals surface area contributed by atoms with E-state index < -0.39 is 5.97 Å². The third-order valence-electron chi connectivity index (χ3n) is 3.13. The van der Waals surface area contributed by atoms with Crippen LogP contribution in [0.2, 0.25) is 0 Å². The molecular formula is C16H14N2O3S. The average Bonchev–Trinajstić information content (AvgIpc) is 3.12. The molecule has 5 nitrogen and oxygen atoms in total. The minimum Gasteiger partial charge on any atom is -0.455 e. The first-order chi connectivity index (χ1) is 10.6. The summed E-state index contributed by atoms with van der Waals surface area (Å²) in [7, 11) is 0. The molecule has 6 heteroatoms. The van der Waals surface area contributed by atoms with Gasteiger partial charge >= 0.3 is 5.97 Å². The van der Waals surface area contributed by atoms with E-state index in [1.165, 1.54) is 11.3 Å². The molecule has 2 heterocycles. The van der Waals surface area contributed by atoms with Gasteiger partial charge in [0.25, 0.3) is 0 Å². The average molecular weight is 314 g/mol. The molecule has 0 aliphatic heterocycles. The fraction of sp³-hybridized carbons (Fsp3) is 0.188. The molecule has 112 valence electrons. The number of benzene rings is 1. The molecule has 0 atom stereocenters. The summed E-state index contributed by atoms with van der Waals surface area (Å²) in [5.74, 6) is -0.0124. The number of nitrogens with zero attached hydrogens (tertiary/aromatic N) is 2. The normalized spacial score (nSPS) is 10.6. The van der Waals surface area contributed by atoms with Crippen molar-refractivity contribution in [1.82, 2.24) is 10.1 Å². The van der Waals surface area contributed by atoms with Gasteiger partial charge in [-0.15, -0.1) is 11.3 Å². The molecule has 2 aromatic heterocycles. The molecule has 0 unspecified atom stereocenters. The van der Waals surface area contributed by atoms with Crippen LogP contribution in [0.1, 0.15) is 26.8 Å². The fourth-order valence-corrected chi connectivity index (χ4v) is 2.69. The second kappa shape index (κ2) is 6.11. The highest BCUT2D eigenvalue weighted by Gasteiger charge is 2.23. The fourth-order valence-electron chi connectivity index (χ4n) is 2.09. The number of ether oxygens (including phenoxy) is 1. The lowest BCUT2D eigenvalue weighted by Gasteiger charge is -2.03. The third kappa shape index (κ3) is 2.92. The Morgan fingerprint density at radius 2 is 2.05 bits per heavy atom. The van der Waals surface area contributed by atoms with Gasteiger partial charge in [-0.05, 0) is 13.8 Å². The van der Waals surface area contributed by atoms with E-state index in [9.17, 15) is 4.79 Å². The molecule has 22 heavy (non-hydrogen) atoms. The molecule has 0 amide bonds. The lowest BCUT2D eigenvalue weighted by atomic mass is 10.1. The van der Waals surface area contributed by atoms with Gasteiger partial charge in [0.05, 0.1) is 10.7 Å². The van der Waals surface area contributed by atoms with Crippen LogP contribution in [0.5, 0.6) is 0 Å². The first-order valence-electron chi connectivity index (χ1n) is 6.75. The maximum atomic E-state index is 12.4. The smallest absolute Gasteiger partial charge is 0.344 e. The Hall–Kier alpha value is -2.47. The van der Waals surface area contributed by atoms with Crippen LogP contribution in [-0.4, -0.2) is 16.1 Å². The molecule has 0 fully saturated rings. The highest BCUT2D eigenvalue weighted by Crippen LogP contribution is 2.26. The summed E-state index contributed by atoms with van der Waals surface area (Å²) in [6, 6.07) is 9.41. The van der Waals surface area contributed by atoms with Crippen molar-refractivity contribution in [1.29, 1.82) is 0 Å². The maximum absolute atomic E-state index is 12.4. The SMILES string of the molecule is Cc1nc(COC(=O)c2c(-c3ccccc3)noc2C)cs1. The van der Waals surface area contributed by atoms with E-state index >= 15 is 0 Å². The van der Waals surface area contributed by atoms with Crippen LogP contribution >= 0.6 is 11.3 Å². The van der Waals surface area contributed by atoms with Crippen molar-refractivity contribution in [3.8, 4) is 11.3 Å². The van der Waals surface area contributed by atoms with Gasteiger partial charge in [-0.25, -0.2) is 9.78 Å². The number of aryl methyl sites for hydroxylation is 2. The van der Waals surface area contributed by atoms with Gasteiger partial charge in [0.15, 0.2) is 0 Å². The number of esters is 1. The van der Waals surface area contributed by atoms with Crippen LogP contribution in [0.3, 0.4) is 0 Å². The zero-order chi connectivity index (χ0) is 15.5. The Bertz CT molecular complexity index is 793. The highest BCUT2D eigenvalue weighted by atomic mass is 32.1. The quantitative estimate of drug-likeness (QED) is 0.686. The molecule has 3 aromatic rings. The molecule has 1 aromatic carbocycles. The van der Waals surface area contributed by atoms with Crippen LogP contribution < -0.4 is 0 Å². The number of hydrogen-bond donors (Lipinski definition) is 0. The molecule has 0 bridgehead atoms. The van der Waals surface area contributed by atoms with Gasteiger partial charge in [0.1, 0.15) is 23.6 Å². The monoisotopic (exact) mass is 314 g/mol. The maximum Gasteiger partial charge on any atom is 0.344 e. The summed E-state index contributed by atoms with van der Waals surface area (Å²) in [6.45, 7) is 3.75. The van der Waals surface area contributed by atoms with E-state index in [-0.39, 0.29) is 6.61 Å². The summed E-state index contributed by atoms with van der Waals surface area (Å²) in [4.78, 5) is 16.6. The summed E-state index contributed by atoms with van der Waals surface area (Å²) < 4.78 is 10.5. The first-order valence-corrected chi connectivity index (χ1v) is 7.63. The molecule has 0 N–H and O–H groups in total. The molecule has 0 radical (unpaired) electrons. The highest BCUT2D eigenvalue weighted by molar-refractivity contribution is 7.09. The topological polar surface area (TPSA) is 65.2 Å². The standard InChI is InChI=1S/C16H14N2O3S/c1-10-14(15(18-21-10)12-6-4-3-5-7-12)16(19)20-8-13-9-22-11(2)17-13/h3-7,9H,8H2,1-2H3. The van der Waals surface area contributed by atoms with Crippen molar-refractivity contribution in [2.45, 2.75) is 20.5 Å². The molecule has 0 saturated heterocycles. The first kappa shape index (κ1) is 14.5. The third-order valence-corrected chi connectivity index (χ3v) is 3.95. The number of carbonyl (C=O) groups excluding carboxylic acids is 1. The molecule has 0 spiro atoms. The summed E-state index contributed by atoms with van der Waals surface area (Å²) in [5.41, 5.74) is 2.41. The van der Waals surface area contributed by atoms with Gasteiger partial charge in [-0.1, -0.05) is 35.5 Å². The van der Waals surface area contributed by atoms with Crippen molar-refractivity contribution in [2.24, 2.45) is 0 Å². The summed E-state index contributed by atoms with van der Waals surface area (Å²) in [6.07, 6.45) is 0. The van der Waals surface area contributed by atoms with E-state index in [2.05, 4.69) is 10.1 Å². The van der Waals surface area contributed by atoms with Gasteiger partial charge in [-0.3, -0.25) is 0 Å². The molecule has 0 aliphatic carbocycles. The summed E-state index contributed by atoms with van der Waals surface area (Å²) in [5, 5.41) is 6.79. The zero-order valence-electron chi connectivity index (χ0n) is 12.2. The van der Waals surface area contributed by atoms with E-state index in [1.807, 2.05) is 42.6 Å². The summed E-state index contributed by atoms with van der Waals surface area (Å²) >= 11 is 1.52.